The van der Waals surface area contributed by atoms with Crippen LogP contribution in [-0.4, -0.2) is 40.1 Å². The molecule has 5 heteroatoms. The van der Waals surface area contributed by atoms with Crippen molar-refractivity contribution in [2.24, 2.45) is 0 Å². The third kappa shape index (κ3) is 8.03. The van der Waals surface area contributed by atoms with E-state index in [-0.39, 0.29) is 0 Å². The highest BCUT2D eigenvalue weighted by Crippen LogP contribution is 2.22. The molecule has 0 spiro atoms. The lowest BCUT2D eigenvalue weighted by Crippen LogP contribution is -2.41. The number of aliphatic hydroxyl groups is 1. The zero-order chi connectivity index (χ0) is 22.1. The van der Waals surface area contributed by atoms with E-state index in [9.17, 15) is 5.11 Å². The summed E-state index contributed by atoms with van der Waals surface area (Å²) in [5.74, 6) is 7.10. The summed E-state index contributed by atoms with van der Waals surface area (Å²) in [6, 6.07) is 11.0. The van der Waals surface area contributed by atoms with Crippen molar-refractivity contribution in [2.45, 2.75) is 83.8 Å². The summed E-state index contributed by atoms with van der Waals surface area (Å²) >= 11 is 0. The standard InChI is InChI=1S/C24H38O3Si2/c1-9-29(10-2,11-3)19-17-24(25,16-18-28(6,7)8)21(4)27-20-22-12-14-23(26-5)15-13-22/h12-15,21,25H,9-11,20H2,1-8H3/t21-,24+/m0/s1. The van der Waals surface area contributed by atoms with Crippen LogP contribution >= 0.6 is 0 Å². The fourth-order valence-electron chi connectivity index (χ4n) is 2.82. The third-order valence-corrected chi connectivity index (χ3v) is 11.0. The summed E-state index contributed by atoms with van der Waals surface area (Å²) in [7, 11) is -1.70. The van der Waals surface area contributed by atoms with Crippen LogP contribution < -0.4 is 4.74 Å². The van der Waals surface area contributed by atoms with E-state index >= 15 is 0 Å². The molecule has 29 heavy (non-hydrogen) atoms. The second-order valence-corrected chi connectivity index (χ2v) is 18.3. The highest BCUT2D eigenvalue weighted by Gasteiger charge is 2.33. The first-order chi connectivity index (χ1) is 13.5. The van der Waals surface area contributed by atoms with Gasteiger partial charge in [0.15, 0.2) is 0 Å². The molecule has 0 aromatic heterocycles. The average molecular weight is 431 g/mol. The van der Waals surface area contributed by atoms with Crippen molar-refractivity contribution >= 4 is 16.1 Å². The van der Waals surface area contributed by atoms with E-state index in [0.717, 1.165) is 29.4 Å². The van der Waals surface area contributed by atoms with Gasteiger partial charge in [0.1, 0.15) is 28.0 Å². The predicted molar refractivity (Wildman–Crippen MR) is 128 cm³/mol. The molecule has 0 unspecified atom stereocenters. The van der Waals surface area contributed by atoms with Gasteiger partial charge in [0.05, 0.1) is 13.7 Å². The van der Waals surface area contributed by atoms with Gasteiger partial charge < -0.3 is 14.6 Å². The molecule has 1 aromatic carbocycles. The molecule has 0 aliphatic rings. The van der Waals surface area contributed by atoms with Gasteiger partial charge in [0.25, 0.3) is 0 Å². The van der Waals surface area contributed by atoms with Crippen LogP contribution in [0.2, 0.25) is 37.8 Å². The Morgan fingerprint density at radius 1 is 0.966 bits per heavy atom. The summed E-state index contributed by atoms with van der Waals surface area (Å²) in [6.07, 6.45) is -0.516. The van der Waals surface area contributed by atoms with E-state index in [1.807, 2.05) is 31.2 Å². The number of methoxy groups -OCH3 is 1. The van der Waals surface area contributed by atoms with Gasteiger partial charge in [0, 0.05) is 0 Å². The Balaban J connectivity index is 3.13. The lowest BCUT2D eigenvalue weighted by molar-refractivity contribution is -0.0435. The largest absolute Gasteiger partial charge is 0.497 e. The van der Waals surface area contributed by atoms with Gasteiger partial charge in [-0.05, 0) is 42.8 Å². The summed E-state index contributed by atoms with van der Waals surface area (Å²) in [5.41, 5.74) is 6.38. The van der Waals surface area contributed by atoms with E-state index in [2.05, 4.69) is 63.3 Å². The molecule has 0 radical (unpaired) electrons. The molecule has 160 valence electrons. The van der Waals surface area contributed by atoms with Crippen molar-refractivity contribution in [3.05, 3.63) is 29.8 Å². The number of benzene rings is 1. The minimum Gasteiger partial charge on any atom is -0.497 e. The maximum atomic E-state index is 11.4. The van der Waals surface area contributed by atoms with Crippen molar-refractivity contribution in [2.75, 3.05) is 7.11 Å². The monoisotopic (exact) mass is 430 g/mol. The van der Waals surface area contributed by atoms with Crippen LogP contribution in [-0.2, 0) is 11.3 Å². The number of rotatable bonds is 8. The van der Waals surface area contributed by atoms with Crippen LogP contribution in [0.1, 0.15) is 33.3 Å². The van der Waals surface area contributed by atoms with Crippen molar-refractivity contribution in [1.29, 1.82) is 0 Å². The molecular formula is C24H38O3Si2. The Morgan fingerprint density at radius 2 is 1.48 bits per heavy atom. The van der Waals surface area contributed by atoms with Gasteiger partial charge in [-0.15, -0.1) is 11.1 Å². The van der Waals surface area contributed by atoms with Crippen molar-refractivity contribution < 1.29 is 14.6 Å². The first kappa shape index (κ1) is 25.5. The summed E-state index contributed by atoms with van der Waals surface area (Å²) < 4.78 is 11.2. The SMILES string of the molecule is CC[Si](C#C[C@](O)(C#C[Si](C)(C)C)[C@H](C)OCc1ccc(OC)cc1)(CC)CC. The first-order valence-corrected chi connectivity index (χ1v) is 16.7. The predicted octanol–water partition coefficient (Wildman–Crippen LogP) is 5.26. The van der Waals surface area contributed by atoms with Gasteiger partial charge >= 0.3 is 0 Å². The Morgan fingerprint density at radius 3 is 1.93 bits per heavy atom. The molecular weight excluding hydrogens is 392 g/mol. The Bertz CT molecular complexity index is 748. The zero-order valence-electron chi connectivity index (χ0n) is 19.5. The first-order valence-electron chi connectivity index (χ1n) is 10.6. The molecule has 0 fully saturated rings. The minimum atomic E-state index is -1.69. The molecule has 2 atom stereocenters. The van der Waals surface area contributed by atoms with Crippen LogP contribution in [0.3, 0.4) is 0 Å². The second kappa shape index (κ2) is 11.0. The Hall–Kier alpha value is -1.51. The number of hydrogen-bond donors (Lipinski definition) is 1. The van der Waals surface area contributed by atoms with E-state index in [1.165, 1.54) is 0 Å². The molecule has 0 amide bonds. The van der Waals surface area contributed by atoms with Crippen molar-refractivity contribution in [3.63, 3.8) is 0 Å². The highest BCUT2D eigenvalue weighted by atomic mass is 28.3. The highest BCUT2D eigenvalue weighted by molar-refractivity contribution is 6.87. The van der Waals surface area contributed by atoms with Crippen LogP contribution in [0.5, 0.6) is 5.75 Å². The summed E-state index contributed by atoms with van der Waals surface area (Å²) in [6.45, 7) is 15.4. The van der Waals surface area contributed by atoms with Crippen molar-refractivity contribution in [3.8, 4) is 28.7 Å². The topological polar surface area (TPSA) is 38.7 Å². The zero-order valence-corrected chi connectivity index (χ0v) is 21.5. The maximum Gasteiger partial charge on any atom is 0.212 e. The van der Waals surface area contributed by atoms with Gasteiger partial charge in [-0.25, -0.2) is 0 Å². The van der Waals surface area contributed by atoms with Crippen LogP contribution in [0.4, 0.5) is 0 Å². The number of hydrogen-bond acceptors (Lipinski definition) is 3. The van der Waals surface area contributed by atoms with Gasteiger partial charge in [-0.2, -0.15) is 0 Å². The molecule has 1 rings (SSSR count). The lowest BCUT2D eigenvalue weighted by atomic mass is 10.0. The van der Waals surface area contributed by atoms with E-state index in [0.29, 0.717) is 6.61 Å². The molecule has 0 aliphatic heterocycles. The molecule has 0 saturated heterocycles. The lowest BCUT2D eigenvalue weighted by Gasteiger charge is -2.27. The molecule has 0 heterocycles. The summed E-state index contributed by atoms with van der Waals surface area (Å²) in [4.78, 5) is 0. The van der Waals surface area contributed by atoms with Crippen molar-refractivity contribution in [1.82, 2.24) is 0 Å². The van der Waals surface area contributed by atoms with Gasteiger partial charge in [-0.1, -0.05) is 64.4 Å². The maximum absolute atomic E-state index is 11.4. The molecule has 1 N–H and O–H groups in total. The van der Waals surface area contributed by atoms with E-state index < -0.39 is 27.9 Å². The third-order valence-electron chi connectivity index (χ3n) is 5.42. The quantitative estimate of drug-likeness (QED) is 0.451. The Kier molecular flexibility index (Phi) is 9.72. The second-order valence-electron chi connectivity index (χ2n) is 8.66. The molecule has 3 nitrogen and oxygen atoms in total. The average Bonchev–Trinajstić information content (AvgIpc) is 2.71. The molecule has 0 aliphatic carbocycles. The van der Waals surface area contributed by atoms with Crippen LogP contribution in [0.15, 0.2) is 24.3 Å². The number of ether oxygens (including phenoxy) is 2. The normalized spacial score (nSPS) is 14.7. The van der Waals surface area contributed by atoms with Crippen LogP contribution in [0.25, 0.3) is 0 Å². The van der Waals surface area contributed by atoms with E-state index in [1.54, 1.807) is 7.11 Å². The van der Waals surface area contributed by atoms with Gasteiger partial charge in [0.2, 0.25) is 5.60 Å². The van der Waals surface area contributed by atoms with E-state index in [4.69, 9.17) is 9.47 Å². The minimum absolute atomic E-state index is 0.391. The molecule has 0 saturated carbocycles. The van der Waals surface area contributed by atoms with Crippen LogP contribution in [0, 0.1) is 22.9 Å². The fourth-order valence-corrected chi connectivity index (χ4v) is 5.88. The molecule has 1 aromatic rings. The van der Waals surface area contributed by atoms with Gasteiger partial charge in [-0.3, -0.25) is 0 Å². The summed E-state index contributed by atoms with van der Waals surface area (Å²) in [5, 5.41) is 11.4. The molecule has 0 bridgehead atoms. The fraction of sp³-hybridized carbons (Fsp3) is 0.583. The Labute approximate surface area is 180 Å². The smallest absolute Gasteiger partial charge is 0.212 e.